The predicted octanol–water partition coefficient (Wildman–Crippen LogP) is 1.24. The Balaban J connectivity index is 2.11. The lowest BCUT2D eigenvalue weighted by molar-refractivity contribution is 0.687. The zero-order valence-corrected chi connectivity index (χ0v) is 7.66. The zero-order chi connectivity index (χ0) is 9.36. The molecule has 1 heterocycles. The summed E-state index contributed by atoms with van der Waals surface area (Å²) in [5.74, 6) is 2.59. The summed E-state index contributed by atoms with van der Waals surface area (Å²) in [5, 5.41) is 3.25. The average Bonchev–Trinajstić information content (AvgIpc) is 2.19. The van der Waals surface area contributed by atoms with E-state index in [9.17, 15) is 0 Å². The number of rotatable bonds is 5. The monoisotopic (exact) mass is 174 g/mol. The molecule has 13 heavy (non-hydrogen) atoms. The van der Waals surface area contributed by atoms with Crippen molar-refractivity contribution in [2.75, 3.05) is 13.1 Å². The summed E-state index contributed by atoms with van der Waals surface area (Å²) in [4.78, 5) is 4.22. The van der Waals surface area contributed by atoms with Crippen LogP contribution in [0, 0.1) is 12.3 Å². The molecule has 2 nitrogen and oxygen atoms in total. The molecule has 68 valence electrons. The van der Waals surface area contributed by atoms with Crippen LogP contribution in [0.3, 0.4) is 0 Å². The summed E-state index contributed by atoms with van der Waals surface area (Å²) in [7, 11) is 0. The van der Waals surface area contributed by atoms with Crippen molar-refractivity contribution in [3.63, 3.8) is 0 Å². The van der Waals surface area contributed by atoms with Crippen LogP contribution in [-0.2, 0) is 6.42 Å². The van der Waals surface area contributed by atoms with Gasteiger partial charge in [0.25, 0.3) is 0 Å². The topological polar surface area (TPSA) is 24.9 Å². The molecule has 0 saturated carbocycles. The Morgan fingerprint density at radius 2 is 2.31 bits per heavy atom. The molecule has 0 fully saturated rings. The van der Waals surface area contributed by atoms with Crippen molar-refractivity contribution in [2.45, 2.75) is 12.8 Å². The number of hydrogen-bond donors (Lipinski definition) is 1. The van der Waals surface area contributed by atoms with Crippen molar-refractivity contribution >= 4 is 0 Å². The van der Waals surface area contributed by atoms with Crippen LogP contribution in [0.4, 0.5) is 0 Å². The minimum Gasteiger partial charge on any atom is -0.315 e. The van der Waals surface area contributed by atoms with Crippen LogP contribution >= 0.6 is 0 Å². The number of nitrogens with zero attached hydrogens (tertiary/aromatic N) is 1. The highest BCUT2D eigenvalue weighted by Crippen LogP contribution is 1.92. The summed E-state index contributed by atoms with van der Waals surface area (Å²) in [6.45, 7) is 1.84. The van der Waals surface area contributed by atoms with Crippen molar-refractivity contribution in [3.05, 3.63) is 30.1 Å². The molecule has 1 rings (SSSR count). The van der Waals surface area contributed by atoms with Gasteiger partial charge in [-0.05, 0) is 12.1 Å². The molecule has 0 spiro atoms. The fourth-order valence-electron chi connectivity index (χ4n) is 1.05. The molecular formula is C11H14N2. The third kappa shape index (κ3) is 4.29. The number of nitrogens with one attached hydrogen (secondary N) is 1. The Bertz CT molecular complexity index is 261. The molecule has 0 aliphatic rings. The van der Waals surface area contributed by atoms with Gasteiger partial charge in [0, 0.05) is 37.8 Å². The van der Waals surface area contributed by atoms with Gasteiger partial charge in [-0.25, -0.2) is 0 Å². The van der Waals surface area contributed by atoms with Crippen LogP contribution in [0.1, 0.15) is 12.1 Å². The van der Waals surface area contributed by atoms with Gasteiger partial charge in [0.1, 0.15) is 0 Å². The van der Waals surface area contributed by atoms with Gasteiger partial charge in [-0.3, -0.25) is 4.98 Å². The lowest BCUT2D eigenvalue weighted by Gasteiger charge is -2.01. The quantitative estimate of drug-likeness (QED) is 0.536. The highest BCUT2D eigenvalue weighted by Gasteiger charge is 1.91. The third-order valence-corrected chi connectivity index (χ3v) is 1.73. The molecule has 0 aliphatic heterocycles. The van der Waals surface area contributed by atoms with Gasteiger partial charge >= 0.3 is 0 Å². The van der Waals surface area contributed by atoms with Crippen molar-refractivity contribution in [1.82, 2.24) is 10.3 Å². The van der Waals surface area contributed by atoms with E-state index in [2.05, 4.69) is 16.2 Å². The van der Waals surface area contributed by atoms with Crippen LogP contribution in [0.25, 0.3) is 0 Å². The van der Waals surface area contributed by atoms with E-state index in [0.29, 0.717) is 0 Å². The number of terminal acetylenes is 1. The van der Waals surface area contributed by atoms with Crippen LogP contribution in [0.15, 0.2) is 24.4 Å². The fourth-order valence-corrected chi connectivity index (χ4v) is 1.05. The summed E-state index contributed by atoms with van der Waals surface area (Å²) < 4.78 is 0. The maximum Gasteiger partial charge on any atom is 0.0416 e. The number of aromatic nitrogens is 1. The molecule has 1 N–H and O–H groups in total. The normalized spacial score (nSPS) is 9.46. The van der Waals surface area contributed by atoms with E-state index in [-0.39, 0.29) is 0 Å². The van der Waals surface area contributed by atoms with E-state index in [0.717, 1.165) is 31.6 Å². The average molecular weight is 174 g/mol. The highest BCUT2D eigenvalue weighted by atomic mass is 14.8. The van der Waals surface area contributed by atoms with E-state index >= 15 is 0 Å². The summed E-state index contributed by atoms with van der Waals surface area (Å²) in [6, 6.07) is 5.96. The molecule has 0 atom stereocenters. The molecule has 0 radical (unpaired) electrons. The van der Waals surface area contributed by atoms with Gasteiger partial charge in [0.05, 0.1) is 0 Å². The largest absolute Gasteiger partial charge is 0.315 e. The number of pyridine rings is 1. The predicted molar refractivity (Wildman–Crippen MR) is 54.3 cm³/mol. The Kier molecular flexibility index (Phi) is 4.66. The first-order chi connectivity index (χ1) is 6.43. The van der Waals surface area contributed by atoms with E-state index in [1.165, 1.54) is 0 Å². The minimum atomic E-state index is 0.794. The lowest BCUT2D eigenvalue weighted by Crippen LogP contribution is -2.18. The van der Waals surface area contributed by atoms with Gasteiger partial charge in [-0.1, -0.05) is 6.07 Å². The van der Waals surface area contributed by atoms with E-state index in [4.69, 9.17) is 6.42 Å². The highest BCUT2D eigenvalue weighted by molar-refractivity contribution is 5.03. The summed E-state index contributed by atoms with van der Waals surface area (Å²) >= 11 is 0. The van der Waals surface area contributed by atoms with Gasteiger partial charge in [0.15, 0.2) is 0 Å². The Labute approximate surface area is 79.4 Å². The van der Waals surface area contributed by atoms with Crippen LogP contribution in [0.2, 0.25) is 0 Å². The smallest absolute Gasteiger partial charge is 0.0416 e. The molecular weight excluding hydrogens is 160 g/mol. The van der Waals surface area contributed by atoms with Crippen LogP contribution in [-0.4, -0.2) is 18.1 Å². The van der Waals surface area contributed by atoms with Crippen LogP contribution in [0.5, 0.6) is 0 Å². The molecule has 0 aliphatic carbocycles. The van der Waals surface area contributed by atoms with Crippen molar-refractivity contribution < 1.29 is 0 Å². The van der Waals surface area contributed by atoms with E-state index in [1.54, 1.807) is 0 Å². The molecule has 1 aromatic heterocycles. The second-order valence-corrected chi connectivity index (χ2v) is 2.78. The Hall–Kier alpha value is -1.33. The van der Waals surface area contributed by atoms with E-state index < -0.39 is 0 Å². The van der Waals surface area contributed by atoms with Crippen LogP contribution < -0.4 is 5.32 Å². The molecule has 0 bridgehead atoms. The fraction of sp³-hybridized carbons (Fsp3) is 0.364. The Morgan fingerprint density at radius 3 is 3.00 bits per heavy atom. The van der Waals surface area contributed by atoms with Gasteiger partial charge < -0.3 is 5.32 Å². The number of hydrogen-bond acceptors (Lipinski definition) is 2. The molecule has 1 aromatic rings. The second-order valence-electron chi connectivity index (χ2n) is 2.78. The molecule has 0 aromatic carbocycles. The maximum absolute atomic E-state index is 5.12. The van der Waals surface area contributed by atoms with Crippen molar-refractivity contribution in [3.8, 4) is 12.3 Å². The molecule has 0 unspecified atom stereocenters. The summed E-state index contributed by atoms with van der Waals surface area (Å²) in [5.41, 5.74) is 1.12. The maximum atomic E-state index is 5.12. The standard InChI is InChI=1S/C11H14N2/c1-2-3-8-12-10-7-11-6-4-5-9-13-11/h1,4-6,9,12H,3,7-8,10H2. The first-order valence-electron chi connectivity index (χ1n) is 4.47. The molecule has 2 heteroatoms. The summed E-state index contributed by atoms with van der Waals surface area (Å²) in [6.07, 6.45) is 8.69. The van der Waals surface area contributed by atoms with Crippen molar-refractivity contribution in [1.29, 1.82) is 0 Å². The lowest BCUT2D eigenvalue weighted by atomic mass is 10.3. The van der Waals surface area contributed by atoms with E-state index in [1.807, 2.05) is 24.4 Å². The van der Waals surface area contributed by atoms with Gasteiger partial charge in [-0.2, -0.15) is 0 Å². The Morgan fingerprint density at radius 1 is 1.38 bits per heavy atom. The van der Waals surface area contributed by atoms with Gasteiger partial charge in [0.2, 0.25) is 0 Å². The SMILES string of the molecule is C#CCCNCCc1ccccn1. The molecule has 0 saturated heterocycles. The first kappa shape index (κ1) is 9.76. The van der Waals surface area contributed by atoms with Gasteiger partial charge in [-0.15, -0.1) is 12.3 Å². The minimum absolute atomic E-state index is 0.794. The third-order valence-electron chi connectivity index (χ3n) is 1.73. The second kappa shape index (κ2) is 6.22. The molecule has 0 amide bonds. The first-order valence-corrected chi connectivity index (χ1v) is 4.47. The zero-order valence-electron chi connectivity index (χ0n) is 7.66. The van der Waals surface area contributed by atoms with Crippen molar-refractivity contribution in [2.24, 2.45) is 0 Å².